The number of carboxylic acids is 1. The van der Waals surface area contributed by atoms with Crippen molar-refractivity contribution < 1.29 is 19.1 Å². The first kappa shape index (κ1) is 15.9. The zero-order valence-corrected chi connectivity index (χ0v) is 14.5. The lowest BCUT2D eigenvalue weighted by Crippen LogP contribution is -2.03. The molecule has 0 radical (unpaired) electrons. The summed E-state index contributed by atoms with van der Waals surface area (Å²) >= 11 is 2.75. The standard InChI is InChI=1S/C19H12O4S2/c20-19(21)16-15(24-12-7-3-1-4-8-12)11-14-17(23-22-14)18(16)25-13-9-5-2-6-10-13/h1-11H,(H,20,21). The van der Waals surface area contributed by atoms with Crippen LogP contribution in [0.1, 0.15) is 10.4 Å². The fourth-order valence-corrected chi connectivity index (χ4v) is 4.51. The fraction of sp³-hybridized carbons (Fsp3) is 0. The average molecular weight is 368 g/mol. The third-order valence-corrected chi connectivity index (χ3v) is 5.68. The van der Waals surface area contributed by atoms with Gasteiger partial charge in [-0.25, -0.2) is 4.79 Å². The van der Waals surface area contributed by atoms with Gasteiger partial charge in [0.2, 0.25) is 11.2 Å². The van der Waals surface area contributed by atoms with Crippen molar-refractivity contribution in [3.63, 3.8) is 0 Å². The molecule has 25 heavy (non-hydrogen) atoms. The van der Waals surface area contributed by atoms with Gasteiger partial charge in [-0.05, 0) is 24.3 Å². The Morgan fingerprint density at radius 3 is 1.96 bits per heavy atom. The molecule has 0 fully saturated rings. The number of carbonyl (C=O) groups is 1. The molecule has 0 amide bonds. The Hall–Kier alpha value is -2.57. The molecule has 4 aromatic rings. The molecule has 6 heteroatoms. The third kappa shape index (κ3) is 3.18. The van der Waals surface area contributed by atoms with E-state index in [-0.39, 0.29) is 5.56 Å². The molecule has 0 bridgehead atoms. The van der Waals surface area contributed by atoms with Crippen LogP contribution in [0.3, 0.4) is 0 Å². The van der Waals surface area contributed by atoms with E-state index in [2.05, 4.69) is 0 Å². The number of hydrogen-bond donors (Lipinski definition) is 1. The van der Waals surface area contributed by atoms with E-state index >= 15 is 0 Å². The van der Waals surface area contributed by atoms with Crippen LogP contribution in [0.25, 0.3) is 11.2 Å². The minimum Gasteiger partial charge on any atom is -0.478 e. The summed E-state index contributed by atoms with van der Waals surface area (Å²) in [5, 5.41) is 9.82. The van der Waals surface area contributed by atoms with Gasteiger partial charge in [-0.1, -0.05) is 59.9 Å². The van der Waals surface area contributed by atoms with Gasteiger partial charge in [0.1, 0.15) is 0 Å². The van der Waals surface area contributed by atoms with E-state index in [0.717, 1.165) is 9.79 Å². The maximum absolute atomic E-state index is 12.0. The minimum atomic E-state index is -0.991. The summed E-state index contributed by atoms with van der Waals surface area (Å²) < 4.78 is 10.1. The Morgan fingerprint density at radius 2 is 1.44 bits per heavy atom. The fourth-order valence-electron chi connectivity index (χ4n) is 2.39. The van der Waals surface area contributed by atoms with Gasteiger partial charge in [0.25, 0.3) is 0 Å². The summed E-state index contributed by atoms with van der Waals surface area (Å²) in [6.45, 7) is 0. The van der Waals surface area contributed by atoms with E-state index < -0.39 is 5.97 Å². The summed E-state index contributed by atoms with van der Waals surface area (Å²) in [4.78, 5) is 15.1. The Morgan fingerprint density at radius 1 is 0.840 bits per heavy atom. The third-order valence-electron chi connectivity index (χ3n) is 3.53. The molecule has 1 N–H and O–H groups in total. The van der Waals surface area contributed by atoms with Crippen molar-refractivity contribution in [1.29, 1.82) is 0 Å². The highest BCUT2D eigenvalue weighted by Crippen LogP contribution is 2.44. The summed E-state index contributed by atoms with van der Waals surface area (Å²) in [5.74, 6) is -0.991. The van der Waals surface area contributed by atoms with Crippen molar-refractivity contribution in [3.05, 3.63) is 72.3 Å². The quantitative estimate of drug-likeness (QED) is 0.434. The van der Waals surface area contributed by atoms with Crippen molar-refractivity contribution >= 4 is 40.7 Å². The van der Waals surface area contributed by atoms with Gasteiger partial charge in [-0.2, -0.15) is 0 Å². The molecule has 1 aromatic heterocycles. The number of rotatable bonds is 5. The van der Waals surface area contributed by atoms with Crippen LogP contribution in [0.2, 0.25) is 0 Å². The van der Waals surface area contributed by atoms with Crippen LogP contribution in [-0.4, -0.2) is 11.1 Å². The molecule has 0 saturated heterocycles. The van der Waals surface area contributed by atoms with Gasteiger partial charge in [0, 0.05) is 20.8 Å². The molecular formula is C19H12O4S2. The molecule has 1 heterocycles. The smallest absolute Gasteiger partial charge is 0.338 e. The lowest BCUT2D eigenvalue weighted by molar-refractivity contribution is 0.0549. The highest BCUT2D eigenvalue weighted by atomic mass is 32.2. The van der Waals surface area contributed by atoms with Crippen LogP contribution in [0.5, 0.6) is 0 Å². The van der Waals surface area contributed by atoms with Crippen LogP contribution in [0, 0.1) is 0 Å². The Balaban J connectivity index is 1.83. The summed E-state index contributed by atoms with van der Waals surface area (Å²) in [6.07, 6.45) is 0. The second-order valence-corrected chi connectivity index (χ2v) is 7.41. The lowest BCUT2D eigenvalue weighted by Gasteiger charge is -2.13. The molecule has 0 spiro atoms. The molecule has 4 nitrogen and oxygen atoms in total. The molecule has 124 valence electrons. The number of benzene rings is 3. The van der Waals surface area contributed by atoms with Crippen LogP contribution < -0.4 is 0 Å². The zero-order chi connectivity index (χ0) is 17.2. The second-order valence-electron chi connectivity index (χ2n) is 5.21. The molecule has 0 unspecified atom stereocenters. The van der Waals surface area contributed by atoms with Crippen LogP contribution >= 0.6 is 23.5 Å². The van der Waals surface area contributed by atoms with E-state index in [9.17, 15) is 9.90 Å². The Bertz CT molecular complexity index is 1020. The molecule has 0 aliphatic carbocycles. The first-order valence-electron chi connectivity index (χ1n) is 7.47. The molecule has 3 aromatic carbocycles. The van der Waals surface area contributed by atoms with Gasteiger partial charge >= 0.3 is 5.97 Å². The number of hydrogen-bond acceptors (Lipinski definition) is 5. The van der Waals surface area contributed by atoms with Crippen LogP contribution in [-0.2, 0) is 0 Å². The van der Waals surface area contributed by atoms with Crippen molar-refractivity contribution in [2.24, 2.45) is 0 Å². The maximum Gasteiger partial charge on any atom is 0.338 e. The van der Waals surface area contributed by atoms with Crippen molar-refractivity contribution in [2.45, 2.75) is 19.6 Å². The van der Waals surface area contributed by atoms with E-state index in [1.807, 2.05) is 60.7 Å². The van der Waals surface area contributed by atoms with E-state index in [4.69, 9.17) is 9.15 Å². The van der Waals surface area contributed by atoms with Gasteiger partial charge in [-0.3, -0.25) is 9.15 Å². The lowest BCUT2D eigenvalue weighted by atomic mass is 10.2. The summed E-state index contributed by atoms with van der Waals surface area (Å²) in [7, 11) is 0. The highest BCUT2D eigenvalue weighted by Gasteiger charge is 2.26. The van der Waals surface area contributed by atoms with E-state index in [0.29, 0.717) is 21.0 Å². The number of aromatic carboxylic acids is 1. The Kier molecular flexibility index (Phi) is 4.29. The average Bonchev–Trinajstić information content (AvgIpc) is 2.59. The maximum atomic E-state index is 12.0. The summed E-state index contributed by atoms with van der Waals surface area (Å²) in [6, 6.07) is 21.0. The summed E-state index contributed by atoms with van der Waals surface area (Å²) in [5.41, 5.74) is 1.26. The number of carboxylic acid groups (broad SMARTS) is 1. The van der Waals surface area contributed by atoms with E-state index in [1.165, 1.54) is 23.5 Å². The van der Waals surface area contributed by atoms with Gasteiger partial charge in [0.05, 0.1) is 10.5 Å². The molecule has 0 aliphatic rings. The predicted octanol–water partition coefficient (Wildman–Crippen LogP) is 6.03. The van der Waals surface area contributed by atoms with Crippen molar-refractivity contribution in [2.75, 3.05) is 0 Å². The molecule has 4 rings (SSSR count). The van der Waals surface area contributed by atoms with Gasteiger partial charge in [0.15, 0.2) is 0 Å². The van der Waals surface area contributed by atoms with Crippen molar-refractivity contribution in [1.82, 2.24) is 0 Å². The zero-order valence-electron chi connectivity index (χ0n) is 12.8. The normalized spacial score (nSPS) is 11.0. The molecular weight excluding hydrogens is 356 g/mol. The molecule has 0 atom stereocenters. The van der Waals surface area contributed by atoms with Crippen LogP contribution in [0.4, 0.5) is 0 Å². The largest absolute Gasteiger partial charge is 0.478 e. The second kappa shape index (κ2) is 6.74. The first-order chi connectivity index (χ1) is 12.2. The van der Waals surface area contributed by atoms with Gasteiger partial charge < -0.3 is 5.11 Å². The minimum absolute atomic E-state index is 0.227. The van der Waals surface area contributed by atoms with Crippen LogP contribution in [0.15, 0.2) is 95.5 Å². The first-order valence-corrected chi connectivity index (χ1v) is 9.10. The number of fused-ring (bicyclic) bond motifs is 1. The predicted molar refractivity (Wildman–Crippen MR) is 96.6 cm³/mol. The highest BCUT2D eigenvalue weighted by molar-refractivity contribution is 8.00. The van der Waals surface area contributed by atoms with Gasteiger partial charge in [-0.15, -0.1) is 0 Å². The van der Waals surface area contributed by atoms with Crippen molar-refractivity contribution in [3.8, 4) is 0 Å². The Labute approximate surface area is 151 Å². The SMILES string of the molecule is O=C(O)c1c(Sc2ccccc2)cc2ooc2c1Sc1ccccc1. The monoisotopic (exact) mass is 368 g/mol. The van der Waals surface area contributed by atoms with E-state index in [1.54, 1.807) is 6.07 Å². The molecule has 0 saturated carbocycles. The molecule has 0 aliphatic heterocycles. The topological polar surface area (TPSA) is 63.6 Å².